The highest BCUT2D eigenvalue weighted by Crippen LogP contribution is 2.42. The molecule has 8 rings (SSSR count). The summed E-state index contributed by atoms with van der Waals surface area (Å²) in [5, 5.41) is 12.8. The summed E-state index contributed by atoms with van der Waals surface area (Å²) < 4.78 is 22.4. The zero-order chi connectivity index (χ0) is 25.2. The molecule has 6 heterocycles. The number of aromatic nitrogens is 6. The van der Waals surface area contributed by atoms with Crippen molar-refractivity contribution in [3.8, 4) is 22.4 Å². The molecular weight excluding hydrogens is 481 g/mol. The van der Waals surface area contributed by atoms with Crippen molar-refractivity contribution in [1.82, 2.24) is 34.7 Å². The SMILES string of the molecule is Fc1ccc(-c2c(-c3ccncc3)nn3c(C4CCC(N5C[C@@H]6C[C@H]5CO6)CC4)ccnc23)c2cn[nH]c12. The summed E-state index contributed by atoms with van der Waals surface area (Å²) in [6, 6.07) is 10.6. The average Bonchev–Trinajstić information content (AvgIpc) is 3.77. The fourth-order valence-electron chi connectivity index (χ4n) is 7.03. The Labute approximate surface area is 218 Å². The maximum absolute atomic E-state index is 14.6. The molecule has 4 aromatic heterocycles. The third kappa shape index (κ3) is 3.41. The van der Waals surface area contributed by atoms with Gasteiger partial charge in [-0.2, -0.15) is 10.2 Å². The van der Waals surface area contributed by atoms with Crippen LogP contribution in [0, 0.1) is 5.82 Å². The molecular formula is C29H28FN7O. The first-order valence-corrected chi connectivity index (χ1v) is 13.5. The maximum atomic E-state index is 14.6. The molecule has 9 heteroatoms. The third-order valence-electron chi connectivity index (χ3n) is 8.86. The van der Waals surface area contributed by atoms with Crippen LogP contribution in [0.5, 0.6) is 0 Å². The van der Waals surface area contributed by atoms with E-state index in [0.29, 0.717) is 35.0 Å². The molecule has 0 amide bonds. The van der Waals surface area contributed by atoms with Crippen molar-refractivity contribution in [1.29, 1.82) is 0 Å². The van der Waals surface area contributed by atoms with Crippen LogP contribution in [0.3, 0.4) is 0 Å². The predicted octanol–water partition coefficient (Wildman–Crippen LogP) is 4.97. The molecule has 0 unspecified atom stereocenters. The van der Waals surface area contributed by atoms with Crippen molar-refractivity contribution in [3.05, 3.63) is 66.6 Å². The van der Waals surface area contributed by atoms with Gasteiger partial charge in [-0.1, -0.05) is 6.07 Å². The monoisotopic (exact) mass is 509 g/mol. The zero-order valence-electron chi connectivity index (χ0n) is 20.9. The van der Waals surface area contributed by atoms with Crippen molar-refractivity contribution < 1.29 is 9.13 Å². The largest absolute Gasteiger partial charge is 0.375 e. The van der Waals surface area contributed by atoms with Crippen molar-refractivity contribution in [3.63, 3.8) is 0 Å². The van der Waals surface area contributed by atoms with Gasteiger partial charge < -0.3 is 4.74 Å². The number of benzene rings is 1. The standard InChI is InChI=1S/C29H28FN7O/c30-24-6-5-22(23-14-33-34-28(23)24)26-27(18-7-10-31-11-8-18)35-37-25(9-12-32-29(26)37)17-1-3-19(4-2-17)36-15-21-13-20(36)16-38-21/h5-12,14,17,19-21H,1-4,13,15-16H2,(H,33,34)/t17?,19?,20-,21-/m0/s1. The van der Waals surface area contributed by atoms with Crippen molar-refractivity contribution >= 4 is 16.6 Å². The number of aromatic amines is 1. The maximum Gasteiger partial charge on any atom is 0.163 e. The molecule has 0 radical (unpaired) electrons. The second kappa shape index (κ2) is 8.68. The number of pyridine rings is 1. The summed E-state index contributed by atoms with van der Waals surface area (Å²) in [7, 11) is 0. The van der Waals surface area contributed by atoms with E-state index in [1.807, 2.05) is 28.9 Å². The highest BCUT2D eigenvalue weighted by atomic mass is 19.1. The minimum absolute atomic E-state index is 0.327. The second-order valence-electron chi connectivity index (χ2n) is 10.9. The summed E-state index contributed by atoms with van der Waals surface area (Å²) >= 11 is 0. The van der Waals surface area contributed by atoms with Gasteiger partial charge in [0, 0.05) is 59.8 Å². The fraction of sp³-hybridized carbons (Fsp3) is 0.379. The van der Waals surface area contributed by atoms with Gasteiger partial charge in [-0.15, -0.1) is 0 Å². The van der Waals surface area contributed by atoms with Crippen molar-refractivity contribution in [2.75, 3.05) is 13.2 Å². The lowest BCUT2D eigenvalue weighted by Gasteiger charge is -2.39. The number of hydrogen-bond donors (Lipinski definition) is 1. The van der Waals surface area contributed by atoms with E-state index in [9.17, 15) is 4.39 Å². The molecule has 2 aliphatic heterocycles. The molecule has 2 bridgehead atoms. The molecule has 0 spiro atoms. The van der Waals surface area contributed by atoms with E-state index in [-0.39, 0.29) is 5.82 Å². The quantitative estimate of drug-likeness (QED) is 0.368. The van der Waals surface area contributed by atoms with Gasteiger partial charge in [0.15, 0.2) is 5.65 Å². The Hall–Kier alpha value is -3.69. The summed E-state index contributed by atoms with van der Waals surface area (Å²) in [6.07, 6.45) is 13.4. The van der Waals surface area contributed by atoms with E-state index in [4.69, 9.17) is 14.8 Å². The van der Waals surface area contributed by atoms with E-state index >= 15 is 0 Å². The van der Waals surface area contributed by atoms with Crippen molar-refractivity contribution in [2.45, 2.75) is 56.2 Å². The first-order valence-electron chi connectivity index (χ1n) is 13.5. The minimum atomic E-state index is -0.327. The van der Waals surface area contributed by atoms with Gasteiger partial charge in [0.2, 0.25) is 0 Å². The second-order valence-corrected chi connectivity index (χ2v) is 10.9. The van der Waals surface area contributed by atoms with Crippen LogP contribution in [0.4, 0.5) is 4.39 Å². The van der Waals surface area contributed by atoms with Gasteiger partial charge >= 0.3 is 0 Å². The lowest BCUT2D eigenvalue weighted by molar-refractivity contribution is 0.00262. The van der Waals surface area contributed by atoms with Crippen LogP contribution in [0.2, 0.25) is 0 Å². The molecule has 2 saturated heterocycles. The molecule has 1 N–H and O–H groups in total. The summed E-state index contributed by atoms with van der Waals surface area (Å²) in [5.41, 5.74) is 5.85. The van der Waals surface area contributed by atoms with Gasteiger partial charge in [-0.3, -0.25) is 15.0 Å². The van der Waals surface area contributed by atoms with Crippen LogP contribution in [-0.2, 0) is 4.74 Å². The average molecular weight is 510 g/mol. The molecule has 2 atom stereocenters. The lowest BCUT2D eigenvalue weighted by Crippen LogP contribution is -2.45. The molecule has 1 saturated carbocycles. The highest BCUT2D eigenvalue weighted by Gasteiger charge is 2.43. The van der Waals surface area contributed by atoms with Gasteiger partial charge in [-0.25, -0.2) is 13.9 Å². The molecule has 1 aromatic carbocycles. The van der Waals surface area contributed by atoms with Gasteiger partial charge in [-0.05, 0) is 61.9 Å². The zero-order valence-corrected chi connectivity index (χ0v) is 20.9. The molecule has 1 aliphatic carbocycles. The van der Waals surface area contributed by atoms with Crippen LogP contribution in [0.1, 0.15) is 43.7 Å². The number of rotatable bonds is 4. The van der Waals surface area contributed by atoms with E-state index in [1.165, 1.54) is 31.0 Å². The van der Waals surface area contributed by atoms with Gasteiger partial charge in [0.1, 0.15) is 17.0 Å². The van der Waals surface area contributed by atoms with Crippen molar-refractivity contribution in [2.24, 2.45) is 0 Å². The van der Waals surface area contributed by atoms with Crippen LogP contribution in [0.15, 0.2) is 55.1 Å². The minimum Gasteiger partial charge on any atom is -0.375 e. The van der Waals surface area contributed by atoms with E-state index in [2.05, 4.69) is 26.1 Å². The number of likely N-dealkylation sites (tertiary alicyclic amines) is 1. The van der Waals surface area contributed by atoms with E-state index in [1.54, 1.807) is 18.6 Å². The Bertz CT molecular complexity index is 1640. The molecule has 38 heavy (non-hydrogen) atoms. The smallest absolute Gasteiger partial charge is 0.163 e. The lowest BCUT2D eigenvalue weighted by atomic mass is 9.83. The number of nitrogens with zero attached hydrogens (tertiary/aromatic N) is 6. The number of halogens is 1. The first-order chi connectivity index (χ1) is 18.7. The van der Waals surface area contributed by atoms with Gasteiger partial charge in [0.25, 0.3) is 0 Å². The summed E-state index contributed by atoms with van der Waals surface area (Å²) in [6.45, 7) is 1.99. The topological polar surface area (TPSA) is 84.2 Å². The molecule has 5 aromatic rings. The summed E-state index contributed by atoms with van der Waals surface area (Å²) in [4.78, 5) is 11.7. The fourth-order valence-corrected chi connectivity index (χ4v) is 7.03. The molecule has 3 fully saturated rings. The Morgan fingerprint density at radius 2 is 1.84 bits per heavy atom. The Kier molecular flexibility index (Phi) is 5.09. The number of morpholine rings is 1. The number of fused-ring (bicyclic) bond motifs is 4. The van der Waals surface area contributed by atoms with E-state index < -0.39 is 0 Å². The van der Waals surface area contributed by atoms with Crippen LogP contribution >= 0.6 is 0 Å². The molecule has 3 aliphatic rings. The summed E-state index contributed by atoms with van der Waals surface area (Å²) in [5.74, 6) is 0.0828. The van der Waals surface area contributed by atoms with Crippen LogP contribution < -0.4 is 0 Å². The Morgan fingerprint density at radius 1 is 0.974 bits per heavy atom. The number of H-pyrrole nitrogens is 1. The van der Waals surface area contributed by atoms with Gasteiger partial charge in [0.05, 0.1) is 24.5 Å². The van der Waals surface area contributed by atoms with Crippen LogP contribution in [-0.4, -0.2) is 66.0 Å². The molecule has 8 nitrogen and oxygen atoms in total. The predicted molar refractivity (Wildman–Crippen MR) is 141 cm³/mol. The number of hydrogen-bond acceptors (Lipinski definition) is 6. The molecule has 192 valence electrons. The normalized spacial score (nSPS) is 25.6. The van der Waals surface area contributed by atoms with Crippen LogP contribution in [0.25, 0.3) is 38.9 Å². The Balaban J connectivity index is 1.21. The Morgan fingerprint density at radius 3 is 2.63 bits per heavy atom. The third-order valence-corrected chi connectivity index (χ3v) is 8.86. The number of ether oxygens (including phenoxy) is 1. The number of nitrogens with one attached hydrogen (secondary N) is 1. The highest BCUT2D eigenvalue weighted by molar-refractivity contribution is 6.02. The van der Waals surface area contributed by atoms with E-state index in [0.717, 1.165) is 54.0 Å². The first kappa shape index (κ1) is 22.3.